The molecule has 0 bridgehead atoms. The van der Waals surface area contributed by atoms with Gasteiger partial charge in [0.05, 0.1) is 0 Å². The molecule has 1 aromatic carbocycles. The monoisotopic (exact) mass is 209 g/mol. The van der Waals surface area contributed by atoms with Gasteiger partial charge >= 0.3 is 0 Å². The van der Waals surface area contributed by atoms with Crippen LogP contribution in [0.2, 0.25) is 0 Å². The molecule has 1 aromatic rings. The molecule has 15 heavy (non-hydrogen) atoms. The summed E-state index contributed by atoms with van der Waals surface area (Å²) in [6.07, 6.45) is -0.0355. The van der Waals surface area contributed by atoms with E-state index in [0.29, 0.717) is 13.2 Å². The van der Waals surface area contributed by atoms with Crippen LogP contribution in [0.1, 0.15) is 11.1 Å². The van der Waals surface area contributed by atoms with Gasteiger partial charge in [-0.25, -0.2) is 0 Å². The van der Waals surface area contributed by atoms with Crippen LogP contribution in [0.3, 0.4) is 0 Å². The van der Waals surface area contributed by atoms with E-state index < -0.39 is 0 Å². The van der Waals surface area contributed by atoms with Crippen molar-refractivity contribution in [3.05, 3.63) is 29.3 Å². The zero-order valence-corrected chi connectivity index (χ0v) is 9.62. The lowest BCUT2D eigenvalue weighted by Crippen LogP contribution is -2.28. The molecule has 0 heterocycles. The zero-order valence-electron chi connectivity index (χ0n) is 9.62. The van der Waals surface area contributed by atoms with Gasteiger partial charge in [-0.3, -0.25) is 0 Å². The number of hydrogen-bond acceptors (Lipinski definition) is 3. The van der Waals surface area contributed by atoms with Crippen molar-refractivity contribution in [2.75, 3.05) is 20.3 Å². The van der Waals surface area contributed by atoms with E-state index in [1.807, 2.05) is 12.1 Å². The third kappa shape index (κ3) is 3.53. The molecule has 0 saturated carbocycles. The topological polar surface area (TPSA) is 44.5 Å². The molecule has 3 nitrogen and oxygen atoms in total. The molecule has 0 amide bonds. The molecule has 1 unspecified atom stereocenters. The first-order chi connectivity index (χ1) is 7.17. The lowest BCUT2D eigenvalue weighted by Gasteiger charge is -2.14. The molecule has 0 fully saturated rings. The van der Waals surface area contributed by atoms with Gasteiger partial charge in [-0.15, -0.1) is 0 Å². The zero-order chi connectivity index (χ0) is 11.3. The minimum Gasteiger partial charge on any atom is -0.491 e. The van der Waals surface area contributed by atoms with Crippen molar-refractivity contribution < 1.29 is 9.47 Å². The van der Waals surface area contributed by atoms with Crippen LogP contribution in [0.4, 0.5) is 0 Å². The summed E-state index contributed by atoms with van der Waals surface area (Å²) < 4.78 is 10.7. The molecule has 1 atom stereocenters. The Morgan fingerprint density at radius 3 is 2.53 bits per heavy atom. The van der Waals surface area contributed by atoms with Gasteiger partial charge in [-0.05, 0) is 37.1 Å². The van der Waals surface area contributed by atoms with Crippen LogP contribution < -0.4 is 10.5 Å². The summed E-state index contributed by atoms with van der Waals surface area (Å²) >= 11 is 0. The maximum Gasteiger partial charge on any atom is 0.119 e. The van der Waals surface area contributed by atoms with Gasteiger partial charge in [0.15, 0.2) is 0 Å². The van der Waals surface area contributed by atoms with Crippen molar-refractivity contribution in [2.24, 2.45) is 5.73 Å². The SMILES string of the molecule is COC(CN)COc1ccc(C)c(C)c1. The molecule has 1 rings (SSSR count). The second kappa shape index (κ2) is 5.73. The fourth-order valence-electron chi connectivity index (χ4n) is 1.23. The number of rotatable bonds is 5. The molecule has 0 aliphatic rings. The molecule has 2 N–H and O–H groups in total. The van der Waals surface area contributed by atoms with Gasteiger partial charge in [0.25, 0.3) is 0 Å². The molecule has 0 saturated heterocycles. The van der Waals surface area contributed by atoms with Crippen LogP contribution in [0.15, 0.2) is 18.2 Å². The Balaban J connectivity index is 2.54. The lowest BCUT2D eigenvalue weighted by molar-refractivity contribution is 0.0643. The first kappa shape index (κ1) is 12.0. The Hall–Kier alpha value is -1.06. The van der Waals surface area contributed by atoms with E-state index in [2.05, 4.69) is 19.9 Å². The number of ether oxygens (including phenoxy) is 2. The average Bonchev–Trinajstić information content (AvgIpc) is 2.24. The van der Waals surface area contributed by atoms with E-state index in [1.54, 1.807) is 7.11 Å². The lowest BCUT2D eigenvalue weighted by atomic mass is 10.1. The first-order valence-corrected chi connectivity index (χ1v) is 5.10. The predicted octanol–water partition coefficient (Wildman–Crippen LogP) is 1.66. The highest BCUT2D eigenvalue weighted by Crippen LogP contribution is 2.16. The number of aryl methyl sites for hydroxylation is 2. The van der Waals surface area contributed by atoms with Crippen LogP contribution in [0, 0.1) is 13.8 Å². The summed E-state index contributed by atoms with van der Waals surface area (Å²) in [6, 6.07) is 6.04. The maximum absolute atomic E-state index is 5.58. The van der Waals surface area contributed by atoms with Crippen LogP contribution >= 0.6 is 0 Å². The van der Waals surface area contributed by atoms with Crippen molar-refractivity contribution in [3.8, 4) is 5.75 Å². The maximum atomic E-state index is 5.58. The summed E-state index contributed by atoms with van der Waals surface area (Å²) in [6.45, 7) is 5.12. The van der Waals surface area contributed by atoms with Crippen LogP contribution in [0.25, 0.3) is 0 Å². The van der Waals surface area contributed by atoms with Crippen molar-refractivity contribution in [1.82, 2.24) is 0 Å². The van der Waals surface area contributed by atoms with E-state index in [9.17, 15) is 0 Å². The van der Waals surface area contributed by atoms with Crippen molar-refractivity contribution in [3.63, 3.8) is 0 Å². The van der Waals surface area contributed by atoms with Crippen LogP contribution in [-0.2, 0) is 4.74 Å². The summed E-state index contributed by atoms with van der Waals surface area (Å²) in [5.41, 5.74) is 8.00. The van der Waals surface area contributed by atoms with Gasteiger partial charge in [-0.1, -0.05) is 6.07 Å². The molecule has 0 aromatic heterocycles. The smallest absolute Gasteiger partial charge is 0.119 e. The normalized spacial score (nSPS) is 12.5. The Labute approximate surface area is 91.2 Å². The van der Waals surface area contributed by atoms with Crippen molar-refractivity contribution in [2.45, 2.75) is 20.0 Å². The van der Waals surface area contributed by atoms with Gasteiger partial charge < -0.3 is 15.2 Å². The average molecular weight is 209 g/mol. The molecule has 0 aliphatic heterocycles. The standard InChI is InChI=1S/C12H19NO2/c1-9-4-5-11(6-10(9)2)15-8-12(7-13)14-3/h4-6,12H,7-8,13H2,1-3H3. The fourth-order valence-corrected chi connectivity index (χ4v) is 1.23. The minimum absolute atomic E-state index is 0.0355. The van der Waals surface area contributed by atoms with Crippen LogP contribution in [-0.4, -0.2) is 26.4 Å². The highest BCUT2D eigenvalue weighted by molar-refractivity contribution is 5.33. The Bertz CT molecular complexity index is 308. The van der Waals surface area contributed by atoms with Gasteiger partial charge in [-0.2, -0.15) is 0 Å². The molecule has 0 radical (unpaired) electrons. The summed E-state index contributed by atoms with van der Waals surface area (Å²) in [5.74, 6) is 0.869. The third-order valence-electron chi connectivity index (χ3n) is 2.51. The van der Waals surface area contributed by atoms with Crippen LogP contribution in [0.5, 0.6) is 5.75 Å². The Kier molecular flexibility index (Phi) is 4.59. The first-order valence-electron chi connectivity index (χ1n) is 5.10. The highest BCUT2D eigenvalue weighted by Gasteiger charge is 2.05. The molecular formula is C12H19NO2. The Morgan fingerprint density at radius 1 is 1.27 bits per heavy atom. The molecule has 0 aliphatic carbocycles. The van der Waals surface area contributed by atoms with Gasteiger partial charge in [0.2, 0.25) is 0 Å². The van der Waals surface area contributed by atoms with Crippen molar-refractivity contribution in [1.29, 1.82) is 0 Å². The quantitative estimate of drug-likeness (QED) is 0.802. The highest BCUT2D eigenvalue weighted by atomic mass is 16.5. The predicted molar refractivity (Wildman–Crippen MR) is 61.3 cm³/mol. The third-order valence-corrected chi connectivity index (χ3v) is 2.51. The van der Waals surface area contributed by atoms with Crippen molar-refractivity contribution >= 4 is 0 Å². The summed E-state index contributed by atoms with van der Waals surface area (Å²) in [7, 11) is 1.64. The molecule has 84 valence electrons. The summed E-state index contributed by atoms with van der Waals surface area (Å²) in [5, 5.41) is 0. The van der Waals surface area contributed by atoms with E-state index in [1.165, 1.54) is 11.1 Å². The second-order valence-corrected chi connectivity index (χ2v) is 3.65. The Morgan fingerprint density at radius 2 is 2.00 bits per heavy atom. The number of hydrogen-bond donors (Lipinski definition) is 1. The van der Waals surface area contributed by atoms with E-state index in [0.717, 1.165) is 5.75 Å². The largest absolute Gasteiger partial charge is 0.491 e. The number of benzene rings is 1. The number of methoxy groups -OCH3 is 1. The van der Waals surface area contributed by atoms with E-state index in [-0.39, 0.29) is 6.10 Å². The van der Waals surface area contributed by atoms with Gasteiger partial charge in [0.1, 0.15) is 18.5 Å². The molecular weight excluding hydrogens is 190 g/mol. The summed E-state index contributed by atoms with van der Waals surface area (Å²) in [4.78, 5) is 0. The van der Waals surface area contributed by atoms with E-state index in [4.69, 9.17) is 15.2 Å². The van der Waals surface area contributed by atoms with E-state index >= 15 is 0 Å². The molecule has 3 heteroatoms. The molecule has 0 spiro atoms. The minimum atomic E-state index is -0.0355. The fraction of sp³-hybridized carbons (Fsp3) is 0.500. The number of nitrogens with two attached hydrogens (primary N) is 1. The van der Waals surface area contributed by atoms with Gasteiger partial charge in [0, 0.05) is 13.7 Å². The second-order valence-electron chi connectivity index (χ2n) is 3.65.